The zero-order valence-corrected chi connectivity index (χ0v) is 13.8. The number of nitrogens with zero attached hydrogens (tertiary/aromatic N) is 3. The summed E-state index contributed by atoms with van der Waals surface area (Å²) in [4.78, 5) is 30.1. The van der Waals surface area contributed by atoms with Crippen LogP contribution in [0.1, 0.15) is 28.8 Å². The number of carbonyl (C=O) groups excluding carboxylic acids is 1. The SMILES string of the molecule is Cn1ccc(CN2CCC(NC(=O)c3ccncc3)CC2)cc1=O. The molecule has 1 fully saturated rings. The molecule has 2 aromatic heterocycles. The smallest absolute Gasteiger partial charge is 0.251 e. The number of rotatable bonds is 4. The minimum Gasteiger partial charge on any atom is -0.349 e. The number of pyridine rings is 2. The monoisotopic (exact) mass is 326 g/mol. The molecular formula is C18H22N4O2. The molecule has 126 valence electrons. The molecule has 1 aliphatic rings. The standard InChI is InChI=1S/C18H22N4O2/c1-21-9-4-14(12-17(21)23)13-22-10-5-16(6-11-22)20-18(24)15-2-7-19-8-3-15/h2-4,7-9,12,16H,5-6,10-11,13H2,1H3,(H,20,24). The van der Waals surface area contributed by atoms with Gasteiger partial charge < -0.3 is 9.88 Å². The maximum atomic E-state index is 12.2. The number of likely N-dealkylation sites (tertiary alicyclic amines) is 1. The van der Waals surface area contributed by atoms with Gasteiger partial charge in [-0.15, -0.1) is 0 Å². The van der Waals surface area contributed by atoms with Gasteiger partial charge in [0.1, 0.15) is 0 Å². The van der Waals surface area contributed by atoms with Crippen molar-refractivity contribution in [3.63, 3.8) is 0 Å². The van der Waals surface area contributed by atoms with Crippen LogP contribution in [-0.2, 0) is 13.6 Å². The van der Waals surface area contributed by atoms with Gasteiger partial charge in [-0.25, -0.2) is 0 Å². The van der Waals surface area contributed by atoms with Crippen LogP contribution >= 0.6 is 0 Å². The van der Waals surface area contributed by atoms with Crippen LogP contribution in [0.3, 0.4) is 0 Å². The van der Waals surface area contributed by atoms with E-state index < -0.39 is 0 Å². The third kappa shape index (κ3) is 4.08. The summed E-state index contributed by atoms with van der Waals surface area (Å²) in [5, 5.41) is 3.09. The Morgan fingerprint density at radius 1 is 1.25 bits per heavy atom. The Morgan fingerprint density at radius 2 is 1.96 bits per heavy atom. The van der Waals surface area contributed by atoms with Crippen molar-refractivity contribution in [2.45, 2.75) is 25.4 Å². The van der Waals surface area contributed by atoms with Gasteiger partial charge in [-0.05, 0) is 36.6 Å². The third-order valence-electron chi connectivity index (χ3n) is 4.44. The van der Waals surface area contributed by atoms with E-state index in [9.17, 15) is 9.59 Å². The molecule has 0 spiro atoms. The summed E-state index contributed by atoms with van der Waals surface area (Å²) < 4.78 is 1.57. The predicted octanol–water partition coefficient (Wildman–Crippen LogP) is 1.17. The molecule has 6 nitrogen and oxygen atoms in total. The fourth-order valence-electron chi connectivity index (χ4n) is 2.95. The molecule has 2 aromatic rings. The van der Waals surface area contributed by atoms with Gasteiger partial charge in [0.25, 0.3) is 11.5 Å². The average molecular weight is 326 g/mol. The topological polar surface area (TPSA) is 67.2 Å². The van der Waals surface area contributed by atoms with E-state index in [1.54, 1.807) is 48.4 Å². The second-order valence-electron chi connectivity index (χ2n) is 6.24. The molecule has 6 heteroatoms. The van der Waals surface area contributed by atoms with Crippen LogP contribution in [0.25, 0.3) is 0 Å². The Hall–Kier alpha value is -2.47. The molecular weight excluding hydrogens is 304 g/mol. The summed E-state index contributed by atoms with van der Waals surface area (Å²) in [5.41, 5.74) is 1.71. The maximum absolute atomic E-state index is 12.2. The van der Waals surface area contributed by atoms with Crippen molar-refractivity contribution in [2.75, 3.05) is 13.1 Å². The van der Waals surface area contributed by atoms with E-state index in [1.165, 1.54) is 0 Å². The molecule has 0 aromatic carbocycles. The lowest BCUT2D eigenvalue weighted by Gasteiger charge is -2.32. The van der Waals surface area contributed by atoms with E-state index in [2.05, 4.69) is 15.2 Å². The van der Waals surface area contributed by atoms with Crippen LogP contribution in [0.15, 0.2) is 47.7 Å². The molecule has 1 aliphatic heterocycles. The van der Waals surface area contributed by atoms with Crippen molar-refractivity contribution >= 4 is 5.91 Å². The molecule has 0 atom stereocenters. The molecule has 3 rings (SSSR count). The first-order valence-electron chi connectivity index (χ1n) is 8.20. The second-order valence-corrected chi connectivity index (χ2v) is 6.24. The van der Waals surface area contributed by atoms with Gasteiger partial charge in [-0.2, -0.15) is 0 Å². The van der Waals surface area contributed by atoms with Crippen LogP contribution in [0.4, 0.5) is 0 Å². The Kier molecular flexibility index (Phi) is 5.05. The van der Waals surface area contributed by atoms with E-state index in [0.717, 1.165) is 38.0 Å². The van der Waals surface area contributed by atoms with Crippen molar-refractivity contribution in [2.24, 2.45) is 7.05 Å². The van der Waals surface area contributed by atoms with E-state index in [1.807, 2.05) is 6.07 Å². The highest BCUT2D eigenvalue weighted by molar-refractivity contribution is 5.94. The fraction of sp³-hybridized carbons (Fsp3) is 0.389. The molecule has 1 amide bonds. The summed E-state index contributed by atoms with van der Waals surface area (Å²) >= 11 is 0. The number of hydrogen-bond acceptors (Lipinski definition) is 4. The van der Waals surface area contributed by atoms with Crippen molar-refractivity contribution in [1.29, 1.82) is 0 Å². The number of aromatic nitrogens is 2. The van der Waals surface area contributed by atoms with Crippen molar-refractivity contribution in [3.05, 3.63) is 64.3 Å². The van der Waals surface area contributed by atoms with Crippen LogP contribution in [0.2, 0.25) is 0 Å². The number of aryl methyl sites for hydroxylation is 1. The normalized spacial score (nSPS) is 16.0. The lowest BCUT2D eigenvalue weighted by atomic mass is 10.0. The average Bonchev–Trinajstić information content (AvgIpc) is 2.61. The van der Waals surface area contributed by atoms with E-state index in [0.29, 0.717) is 5.56 Å². The highest BCUT2D eigenvalue weighted by Crippen LogP contribution is 2.14. The maximum Gasteiger partial charge on any atom is 0.251 e. The molecule has 24 heavy (non-hydrogen) atoms. The summed E-state index contributed by atoms with van der Waals surface area (Å²) in [6.07, 6.45) is 6.89. The molecule has 0 unspecified atom stereocenters. The largest absolute Gasteiger partial charge is 0.349 e. The van der Waals surface area contributed by atoms with Crippen molar-refractivity contribution < 1.29 is 4.79 Å². The van der Waals surface area contributed by atoms with Crippen molar-refractivity contribution in [3.8, 4) is 0 Å². The molecule has 1 N–H and O–H groups in total. The Balaban J connectivity index is 1.49. The van der Waals surface area contributed by atoms with Crippen LogP contribution in [-0.4, -0.2) is 39.5 Å². The van der Waals surface area contributed by atoms with Gasteiger partial charge in [0, 0.05) is 62.9 Å². The van der Waals surface area contributed by atoms with Crippen LogP contribution in [0, 0.1) is 0 Å². The lowest BCUT2D eigenvalue weighted by molar-refractivity contribution is 0.0909. The number of nitrogens with one attached hydrogen (secondary N) is 1. The zero-order chi connectivity index (χ0) is 16.9. The van der Waals surface area contributed by atoms with E-state index >= 15 is 0 Å². The van der Waals surface area contributed by atoms with Gasteiger partial charge in [0.2, 0.25) is 0 Å². The summed E-state index contributed by atoms with van der Waals surface area (Å²) in [5.74, 6) is -0.0394. The number of piperidine rings is 1. The molecule has 0 radical (unpaired) electrons. The van der Waals surface area contributed by atoms with E-state index in [4.69, 9.17) is 0 Å². The predicted molar refractivity (Wildman–Crippen MR) is 91.7 cm³/mol. The first-order valence-corrected chi connectivity index (χ1v) is 8.20. The summed E-state index contributed by atoms with van der Waals surface area (Å²) in [6.45, 7) is 2.61. The first-order chi connectivity index (χ1) is 11.6. The molecule has 0 aliphatic carbocycles. The minimum atomic E-state index is -0.0394. The number of carbonyl (C=O) groups is 1. The highest BCUT2D eigenvalue weighted by atomic mass is 16.1. The second kappa shape index (κ2) is 7.40. The van der Waals surface area contributed by atoms with Crippen molar-refractivity contribution in [1.82, 2.24) is 19.8 Å². The first kappa shape index (κ1) is 16.4. The van der Waals surface area contributed by atoms with E-state index in [-0.39, 0.29) is 17.5 Å². The zero-order valence-electron chi connectivity index (χ0n) is 13.8. The Labute approximate surface area is 141 Å². The fourth-order valence-corrected chi connectivity index (χ4v) is 2.95. The Bertz CT molecular complexity index is 749. The Morgan fingerprint density at radius 3 is 2.62 bits per heavy atom. The van der Waals surface area contributed by atoms with Gasteiger partial charge in [-0.1, -0.05) is 0 Å². The van der Waals surface area contributed by atoms with Crippen LogP contribution in [0.5, 0.6) is 0 Å². The van der Waals surface area contributed by atoms with Gasteiger partial charge in [0.15, 0.2) is 0 Å². The molecule has 1 saturated heterocycles. The van der Waals surface area contributed by atoms with Gasteiger partial charge in [-0.3, -0.25) is 19.5 Å². The number of hydrogen-bond donors (Lipinski definition) is 1. The summed E-state index contributed by atoms with van der Waals surface area (Å²) in [7, 11) is 1.75. The van der Waals surface area contributed by atoms with Gasteiger partial charge >= 0.3 is 0 Å². The van der Waals surface area contributed by atoms with Crippen LogP contribution < -0.4 is 10.9 Å². The minimum absolute atomic E-state index is 0.0204. The summed E-state index contributed by atoms with van der Waals surface area (Å²) in [6, 6.07) is 7.32. The third-order valence-corrected chi connectivity index (χ3v) is 4.44. The molecule has 3 heterocycles. The molecule has 0 bridgehead atoms. The lowest BCUT2D eigenvalue weighted by Crippen LogP contribution is -2.44. The number of amides is 1. The highest BCUT2D eigenvalue weighted by Gasteiger charge is 2.21. The quantitative estimate of drug-likeness (QED) is 0.916. The van der Waals surface area contributed by atoms with Gasteiger partial charge in [0.05, 0.1) is 0 Å². The molecule has 0 saturated carbocycles.